The number of hydrogen-bond donors (Lipinski definition) is 4. The van der Waals surface area contributed by atoms with Crippen molar-refractivity contribution in [2.24, 2.45) is 0 Å². The maximum Gasteiger partial charge on any atom is 0.191 e. The van der Waals surface area contributed by atoms with E-state index in [0.29, 0.717) is 12.2 Å². The quantitative estimate of drug-likeness (QED) is 0.228. The van der Waals surface area contributed by atoms with Crippen LogP contribution in [0.4, 0.5) is 10.2 Å². The lowest BCUT2D eigenvalue weighted by molar-refractivity contribution is -0.0629. The highest BCUT2D eigenvalue weighted by molar-refractivity contribution is 7.99. The number of rotatable bonds is 10. The monoisotopic (exact) mass is 529 g/mol. The van der Waals surface area contributed by atoms with Crippen molar-refractivity contribution < 1.29 is 39.5 Å². The van der Waals surface area contributed by atoms with Crippen molar-refractivity contribution in [3.05, 3.63) is 35.1 Å². The summed E-state index contributed by atoms with van der Waals surface area (Å²) >= 11 is 1.11. The van der Waals surface area contributed by atoms with Crippen molar-refractivity contribution in [1.29, 1.82) is 0 Å². The van der Waals surface area contributed by atoms with E-state index in [9.17, 15) is 19.7 Å². The summed E-state index contributed by atoms with van der Waals surface area (Å²) in [6, 6.07) is -5.41. The van der Waals surface area contributed by atoms with E-state index < -0.39 is 73.3 Å². The Morgan fingerprint density at radius 3 is 3.00 bits per heavy atom. The summed E-state index contributed by atoms with van der Waals surface area (Å²) in [5, 5.41) is 42.2. The van der Waals surface area contributed by atoms with Gasteiger partial charge in [-0.05, 0) is 36.9 Å². The first-order valence-corrected chi connectivity index (χ1v) is 12.1. The first-order chi connectivity index (χ1) is 21.6. The van der Waals surface area contributed by atoms with Gasteiger partial charge in [0.1, 0.15) is 18.0 Å². The van der Waals surface area contributed by atoms with Crippen LogP contribution in [0, 0.1) is 12.7 Å². The summed E-state index contributed by atoms with van der Waals surface area (Å²) in [7, 11) is 0. The molecule has 0 amide bonds. The lowest BCUT2D eigenvalue weighted by atomic mass is 10.1. The summed E-state index contributed by atoms with van der Waals surface area (Å²) in [6.07, 6.45) is -14.9. The molecule has 2 heterocycles. The number of thioether (sulfide) groups is 1. The number of aromatic nitrogens is 5. The lowest BCUT2D eigenvalue weighted by Crippen LogP contribution is -2.33. The second kappa shape index (κ2) is 10.5. The Labute approximate surface area is 227 Å². The number of halogens is 1. The Hall–Kier alpha value is -2.38. The number of aliphatic hydroxyl groups excluding tert-OH is 1. The highest BCUT2D eigenvalue weighted by atomic mass is 32.2. The molecule has 2 aliphatic rings. The minimum absolute atomic E-state index is 0.0120. The summed E-state index contributed by atoms with van der Waals surface area (Å²) in [5.41, 5.74) is -0.866. The average Bonchev–Trinajstić information content (AvgIpc) is 3.59. The highest BCUT2D eigenvalue weighted by Crippen LogP contribution is 2.44. The molecule has 194 valence electrons. The summed E-state index contributed by atoms with van der Waals surface area (Å²) in [6.45, 7) is -1.57. The third-order valence-electron chi connectivity index (χ3n) is 5.50. The molecule has 2 fully saturated rings. The molecule has 5 rings (SSSR count). The fourth-order valence-corrected chi connectivity index (χ4v) is 4.27. The first kappa shape index (κ1) is 15.1. The van der Waals surface area contributed by atoms with Gasteiger partial charge in [-0.3, -0.25) is 0 Å². The van der Waals surface area contributed by atoms with Crippen LogP contribution in [-0.2, 0) is 4.74 Å². The number of hydrogen-bond acceptors (Lipinski definition) is 10. The molecule has 4 N–H and O–H groups in total. The molecule has 36 heavy (non-hydrogen) atoms. The largest absolute Gasteiger partial charge is 0.394 e. The van der Waals surface area contributed by atoms with E-state index >= 15 is 0 Å². The molecular formula is C24H31FN6O4S. The Bertz CT molecular complexity index is 1720. The fourth-order valence-electron chi connectivity index (χ4n) is 3.57. The number of benzene rings is 1. The predicted octanol–water partition coefficient (Wildman–Crippen LogP) is 2.18. The number of nitrogens with one attached hydrogen (secondary N) is 1. The van der Waals surface area contributed by atoms with Crippen LogP contribution >= 0.6 is 11.8 Å². The normalized spacial score (nSPS) is 42.0. The van der Waals surface area contributed by atoms with Crippen LogP contribution in [-0.4, -0.2) is 83.5 Å². The van der Waals surface area contributed by atoms with Crippen LogP contribution in [0.5, 0.6) is 0 Å². The van der Waals surface area contributed by atoms with Crippen LogP contribution < -0.4 is 5.32 Å². The van der Waals surface area contributed by atoms with Crippen molar-refractivity contribution in [3.63, 3.8) is 0 Å². The van der Waals surface area contributed by atoms with Gasteiger partial charge < -0.3 is 25.4 Å². The van der Waals surface area contributed by atoms with E-state index in [4.69, 9.17) is 19.8 Å². The van der Waals surface area contributed by atoms with Gasteiger partial charge in [0, 0.05) is 26.8 Å². The van der Waals surface area contributed by atoms with Crippen molar-refractivity contribution in [2.45, 2.75) is 74.4 Å². The highest BCUT2D eigenvalue weighted by Gasteiger charge is 2.45. The van der Waals surface area contributed by atoms with E-state index in [2.05, 4.69) is 25.6 Å². The molecule has 6 atom stereocenters. The van der Waals surface area contributed by atoms with Gasteiger partial charge in [-0.15, -0.1) is 5.10 Å². The topological polar surface area (TPSA) is 138 Å². The smallest absolute Gasteiger partial charge is 0.191 e. The van der Waals surface area contributed by atoms with E-state index in [0.717, 1.165) is 11.8 Å². The van der Waals surface area contributed by atoms with Gasteiger partial charge in [-0.1, -0.05) is 36.0 Å². The molecule has 0 aliphatic heterocycles. The molecule has 12 heteroatoms. The van der Waals surface area contributed by atoms with Gasteiger partial charge >= 0.3 is 0 Å². The first-order valence-electron chi connectivity index (χ1n) is 16.6. The van der Waals surface area contributed by atoms with Crippen molar-refractivity contribution in [3.8, 4) is 0 Å². The number of aliphatic hydroxyl groups is 3. The Balaban J connectivity index is 1.64. The predicted molar refractivity (Wildman–Crippen MR) is 133 cm³/mol. The van der Waals surface area contributed by atoms with Gasteiger partial charge in [0.15, 0.2) is 22.1 Å². The Morgan fingerprint density at radius 2 is 2.22 bits per heavy atom. The molecule has 0 unspecified atom stereocenters. The third-order valence-corrected chi connectivity index (χ3v) is 6.56. The van der Waals surface area contributed by atoms with Crippen molar-refractivity contribution in [2.75, 3.05) is 24.2 Å². The maximum atomic E-state index is 14.7. The minimum atomic E-state index is -4.08. The molecule has 10 nitrogen and oxygen atoms in total. The Morgan fingerprint density at radius 1 is 1.39 bits per heavy atom. The fraction of sp³-hybridized carbons (Fsp3) is 0.583. The molecule has 2 aromatic heterocycles. The van der Waals surface area contributed by atoms with Crippen LogP contribution in [0.1, 0.15) is 64.3 Å². The van der Waals surface area contributed by atoms with Gasteiger partial charge in [0.25, 0.3) is 0 Å². The number of ether oxygens (including phenoxy) is 1. The van der Waals surface area contributed by atoms with Gasteiger partial charge in [0.2, 0.25) is 0 Å². The standard InChI is InChI=1S/C24H31FN6O4S/c1-3-8-36-24-27-22(26-16-10-14(16)13-5-4-12(2)15(25)9-13)19-23(28-24)31(30-29-19)17-11-18(35-7-6-32)21(34)20(17)33/h4-5,9,14,16-18,20-21,32-34H,3,6-8,10-11H2,1-2H3,(H,26,27,28)/t14-,16+,17+,18-,20-,21+/m0/s1/i4D,5D,7D2,9D,11D2,17D,18D,20D,21D. The van der Waals surface area contributed by atoms with Gasteiger partial charge in [0.05, 0.1) is 37.6 Å². The van der Waals surface area contributed by atoms with E-state index in [1.165, 1.54) is 6.92 Å². The molecule has 0 saturated heterocycles. The lowest BCUT2D eigenvalue weighted by Gasteiger charge is -2.17. The van der Waals surface area contributed by atoms with Crippen molar-refractivity contribution >= 4 is 28.7 Å². The molecule has 1 aromatic carbocycles. The second-order valence-electron chi connectivity index (χ2n) is 8.10. The molecule has 0 radical (unpaired) electrons. The summed E-state index contributed by atoms with van der Waals surface area (Å²) < 4.78 is 111. The zero-order valence-electron chi connectivity index (χ0n) is 30.3. The van der Waals surface area contributed by atoms with E-state index in [-0.39, 0.29) is 50.8 Å². The number of anilines is 1. The second-order valence-corrected chi connectivity index (χ2v) is 9.16. The van der Waals surface area contributed by atoms with E-state index in [1.54, 1.807) is 0 Å². The third kappa shape index (κ3) is 4.92. The maximum absolute atomic E-state index is 14.7. The van der Waals surface area contributed by atoms with Crippen LogP contribution in [0.25, 0.3) is 11.2 Å². The van der Waals surface area contributed by atoms with Crippen LogP contribution in [0.3, 0.4) is 0 Å². The number of fused-ring (bicyclic) bond motifs is 1. The van der Waals surface area contributed by atoms with Crippen LogP contribution in [0.15, 0.2) is 23.3 Å². The molecule has 2 saturated carbocycles. The molecule has 0 bridgehead atoms. The molecule has 2 aliphatic carbocycles. The zero-order chi connectivity index (χ0) is 35.3. The molecular weight excluding hydrogens is 487 g/mol. The summed E-state index contributed by atoms with van der Waals surface area (Å²) in [5.74, 6) is -1.10. The number of nitrogens with zero attached hydrogens (tertiary/aromatic N) is 5. The van der Waals surface area contributed by atoms with Crippen molar-refractivity contribution in [1.82, 2.24) is 25.0 Å². The molecule has 0 spiro atoms. The minimum Gasteiger partial charge on any atom is -0.394 e. The Kier molecular flexibility index (Phi) is 4.43. The van der Waals surface area contributed by atoms with Gasteiger partial charge in [-0.2, -0.15) is 0 Å². The van der Waals surface area contributed by atoms with E-state index in [1.807, 2.05) is 6.92 Å². The average molecular weight is 530 g/mol. The summed E-state index contributed by atoms with van der Waals surface area (Å²) in [4.78, 5) is 8.70. The molecule has 3 aromatic rings. The zero-order valence-corrected chi connectivity index (χ0v) is 20.1. The SMILES string of the molecule is [2H]c1c([2H])c([C@@H]2C[C@H]2Nc2nc(SCCC)nc3c2nnn3[C@]2([2H])C([2H])([2H])[C@]([2H])(OC([2H])([2H])CO)[C@@]([2H])(O)[C@@]2([2H])O)c([2H])c(F)c1C. The van der Waals surface area contributed by atoms with Gasteiger partial charge in [-0.25, -0.2) is 19.0 Å². The van der Waals surface area contributed by atoms with Crippen LogP contribution in [0.2, 0.25) is 0 Å².